The molecule has 4 heterocycles. The monoisotopic (exact) mass is 425 g/mol. The van der Waals surface area contributed by atoms with Crippen LogP contribution in [-0.2, 0) is 17.8 Å². The van der Waals surface area contributed by atoms with Crippen molar-refractivity contribution in [1.82, 2.24) is 25.0 Å². The molecule has 0 aliphatic carbocycles. The first-order valence-corrected chi connectivity index (χ1v) is 10.5. The molecule has 1 saturated heterocycles. The van der Waals surface area contributed by atoms with Crippen LogP contribution in [0.5, 0.6) is 0 Å². The molecule has 0 atom stereocenters. The number of hydrogen-bond donors (Lipinski definition) is 2. The van der Waals surface area contributed by atoms with Crippen molar-refractivity contribution < 1.29 is 14.4 Å². The summed E-state index contributed by atoms with van der Waals surface area (Å²) in [5.74, 6) is -0.172. The largest absolute Gasteiger partial charge is 0.364 e. The summed E-state index contributed by atoms with van der Waals surface area (Å²) in [6, 6.07) is 3.67. The number of amides is 3. The van der Waals surface area contributed by atoms with Crippen LogP contribution in [0.2, 0.25) is 0 Å². The molecule has 3 N–H and O–H groups in total. The molecular formula is C21H27N7O3. The van der Waals surface area contributed by atoms with Gasteiger partial charge in [-0.05, 0) is 32.4 Å². The highest BCUT2D eigenvalue weighted by Crippen LogP contribution is 2.27. The van der Waals surface area contributed by atoms with Crippen molar-refractivity contribution in [3.8, 4) is 0 Å². The van der Waals surface area contributed by atoms with Crippen LogP contribution < -0.4 is 16.0 Å². The van der Waals surface area contributed by atoms with Gasteiger partial charge in [-0.3, -0.25) is 19.1 Å². The number of carbonyl (C=O) groups excluding carboxylic acids is 3. The second kappa shape index (κ2) is 8.37. The van der Waals surface area contributed by atoms with Gasteiger partial charge in [-0.25, -0.2) is 4.98 Å². The lowest BCUT2D eigenvalue weighted by molar-refractivity contribution is -0.121. The van der Waals surface area contributed by atoms with Crippen LogP contribution in [0, 0.1) is 0 Å². The molecule has 3 amide bonds. The van der Waals surface area contributed by atoms with Crippen LogP contribution in [0.15, 0.2) is 18.3 Å². The Morgan fingerprint density at radius 3 is 2.68 bits per heavy atom. The van der Waals surface area contributed by atoms with Crippen molar-refractivity contribution in [3.63, 3.8) is 0 Å². The Hall–Kier alpha value is -3.43. The Balaban J connectivity index is 1.52. The fourth-order valence-electron chi connectivity index (χ4n) is 4.13. The number of aromatic nitrogens is 3. The number of anilines is 1. The van der Waals surface area contributed by atoms with Crippen LogP contribution in [0.25, 0.3) is 0 Å². The topological polar surface area (TPSA) is 126 Å². The fourth-order valence-corrected chi connectivity index (χ4v) is 4.13. The zero-order valence-corrected chi connectivity index (χ0v) is 17.8. The van der Waals surface area contributed by atoms with Gasteiger partial charge in [-0.15, -0.1) is 0 Å². The summed E-state index contributed by atoms with van der Waals surface area (Å²) >= 11 is 0. The summed E-state index contributed by atoms with van der Waals surface area (Å²) in [5, 5.41) is 7.20. The van der Waals surface area contributed by atoms with E-state index in [4.69, 9.17) is 5.73 Å². The molecule has 0 saturated carbocycles. The van der Waals surface area contributed by atoms with E-state index < -0.39 is 5.91 Å². The molecule has 0 spiro atoms. The summed E-state index contributed by atoms with van der Waals surface area (Å²) in [6.45, 7) is 6.42. The van der Waals surface area contributed by atoms with Crippen LogP contribution in [-0.4, -0.2) is 63.6 Å². The van der Waals surface area contributed by atoms with Gasteiger partial charge in [0.05, 0.1) is 12.1 Å². The van der Waals surface area contributed by atoms with Gasteiger partial charge in [0.2, 0.25) is 5.91 Å². The second-order valence-corrected chi connectivity index (χ2v) is 8.18. The number of rotatable bonds is 4. The molecule has 2 aliphatic heterocycles. The van der Waals surface area contributed by atoms with Crippen molar-refractivity contribution in [2.75, 3.05) is 31.1 Å². The molecular weight excluding hydrogens is 398 g/mol. The predicted molar refractivity (Wildman–Crippen MR) is 114 cm³/mol. The predicted octanol–water partition coefficient (Wildman–Crippen LogP) is 0.483. The van der Waals surface area contributed by atoms with Gasteiger partial charge >= 0.3 is 0 Å². The lowest BCUT2D eigenvalue weighted by Crippen LogP contribution is -2.37. The van der Waals surface area contributed by atoms with Crippen molar-refractivity contribution >= 4 is 23.5 Å². The molecule has 2 aliphatic rings. The average molecular weight is 425 g/mol. The highest BCUT2D eigenvalue weighted by Gasteiger charge is 2.29. The van der Waals surface area contributed by atoms with Gasteiger partial charge in [0.1, 0.15) is 5.82 Å². The van der Waals surface area contributed by atoms with Gasteiger partial charge in [0.25, 0.3) is 11.8 Å². The molecule has 0 unspecified atom stereocenters. The normalized spacial score (nSPS) is 16.7. The SMILES string of the molecule is CC(C)n1nc(C(N)=O)c2c1CCN(c1ccc(C(=O)N3CCCNC(=O)C3)cn1)C2. The zero-order chi connectivity index (χ0) is 22.1. The van der Waals surface area contributed by atoms with E-state index in [1.807, 2.05) is 18.5 Å². The van der Waals surface area contributed by atoms with Crippen molar-refractivity contribution in [2.45, 2.75) is 39.3 Å². The Morgan fingerprint density at radius 1 is 1.19 bits per heavy atom. The molecule has 2 aromatic rings. The molecule has 10 nitrogen and oxygen atoms in total. The summed E-state index contributed by atoms with van der Waals surface area (Å²) in [6.07, 6.45) is 2.99. The zero-order valence-electron chi connectivity index (χ0n) is 17.8. The summed E-state index contributed by atoms with van der Waals surface area (Å²) < 4.78 is 1.87. The highest BCUT2D eigenvalue weighted by molar-refractivity contribution is 5.96. The number of pyridine rings is 1. The van der Waals surface area contributed by atoms with Gasteiger partial charge < -0.3 is 20.9 Å². The Labute approximate surface area is 180 Å². The third kappa shape index (κ3) is 4.10. The number of fused-ring (bicyclic) bond motifs is 1. The first-order valence-electron chi connectivity index (χ1n) is 10.5. The molecule has 31 heavy (non-hydrogen) atoms. The lowest BCUT2D eigenvalue weighted by atomic mass is 10.0. The Morgan fingerprint density at radius 2 is 2.00 bits per heavy atom. The van der Waals surface area contributed by atoms with Crippen LogP contribution >= 0.6 is 0 Å². The second-order valence-electron chi connectivity index (χ2n) is 8.18. The van der Waals surface area contributed by atoms with Gasteiger partial charge in [-0.2, -0.15) is 5.10 Å². The van der Waals surface area contributed by atoms with Gasteiger partial charge in [-0.1, -0.05) is 0 Å². The number of carbonyl (C=O) groups is 3. The fraction of sp³-hybridized carbons (Fsp3) is 0.476. The van der Waals surface area contributed by atoms with Gasteiger partial charge in [0.15, 0.2) is 5.69 Å². The van der Waals surface area contributed by atoms with Crippen LogP contribution in [0.1, 0.15) is 58.4 Å². The van der Waals surface area contributed by atoms with E-state index in [9.17, 15) is 14.4 Å². The van der Waals surface area contributed by atoms with Gasteiger partial charge in [0, 0.05) is 56.1 Å². The molecule has 2 aromatic heterocycles. The first-order chi connectivity index (χ1) is 14.8. The number of primary amides is 1. The van der Waals surface area contributed by atoms with Crippen molar-refractivity contribution in [2.24, 2.45) is 5.73 Å². The first kappa shape index (κ1) is 20.8. The third-order valence-corrected chi connectivity index (χ3v) is 5.68. The minimum absolute atomic E-state index is 0.0607. The summed E-state index contributed by atoms with van der Waals surface area (Å²) in [5.41, 5.74) is 8.18. The standard InChI is InChI=1S/C21H27N7O3/c1-13(2)28-16-6-9-26(11-15(16)19(25-28)20(22)30)17-5-4-14(10-24-17)21(31)27-8-3-7-23-18(29)12-27/h4-5,10,13H,3,6-9,11-12H2,1-2H3,(H2,22,30)(H,23,29). The van der Waals surface area contributed by atoms with E-state index in [1.165, 1.54) is 0 Å². The summed E-state index contributed by atoms with van der Waals surface area (Å²) in [7, 11) is 0. The van der Waals surface area contributed by atoms with Crippen LogP contribution in [0.4, 0.5) is 5.82 Å². The molecule has 1 fully saturated rings. The summed E-state index contributed by atoms with van der Waals surface area (Å²) in [4.78, 5) is 44.5. The Bertz CT molecular complexity index is 1010. The smallest absolute Gasteiger partial charge is 0.269 e. The highest BCUT2D eigenvalue weighted by atomic mass is 16.2. The lowest BCUT2D eigenvalue weighted by Gasteiger charge is -2.29. The number of nitrogens with zero attached hydrogens (tertiary/aromatic N) is 5. The maximum atomic E-state index is 12.8. The van der Waals surface area contributed by atoms with Crippen molar-refractivity contribution in [3.05, 3.63) is 40.8 Å². The minimum atomic E-state index is -0.534. The van der Waals surface area contributed by atoms with E-state index in [-0.39, 0.29) is 24.4 Å². The van der Waals surface area contributed by atoms with E-state index in [2.05, 4.69) is 20.3 Å². The van der Waals surface area contributed by atoms with Crippen molar-refractivity contribution in [1.29, 1.82) is 0 Å². The molecule has 164 valence electrons. The molecule has 4 rings (SSSR count). The van der Waals surface area contributed by atoms with Crippen LogP contribution in [0.3, 0.4) is 0 Å². The molecule has 10 heteroatoms. The third-order valence-electron chi connectivity index (χ3n) is 5.68. The number of hydrogen-bond acceptors (Lipinski definition) is 6. The maximum absolute atomic E-state index is 12.8. The Kier molecular flexibility index (Phi) is 5.62. The van der Waals surface area contributed by atoms with E-state index >= 15 is 0 Å². The molecule has 0 radical (unpaired) electrons. The average Bonchev–Trinajstić information content (AvgIpc) is 3.01. The quantitative estimate of drug-likeness (QED) is 0.734. The molecule has 0 aromatic carbocycles. The van der Waals surface area contributed by atoms with E-state index in [1.54, 1.807) is 23.2 Å². The maximum Gasteiger partial charge on any atom is 0.269 e. The van der Waals surface area contributed by atoms with E-state index in [0.717, 1.165) is 30.6 Å². The number of nitrogens with two attached hydrogens (primary N) is 1. The number of nitrogens with one attached hydrogen (secondary N) is 1. The molecule has 0 bridgehead atoms. The van der Waals surface area contributed by atoms with E-state index in [0.29, 0.717) is 36.7 Å². The minimum Gasteiger partial charge on any atom is -0.364 e.